The number of carbonyl (C=O) groups excluding carboxylic acids is 5. The number of alkyl halides is 2. The van der Waals surface area contributed by atoms with Gasteiger partial charge in [-0.2, -0.15) is 0 Å². The number of hydrogen-bond donors (Lipinski definition) is 0. The van der Waals surface area contributed by atoms with E-state index in [1.807, 2.05) is 37.3 Å². The third kappa shape index (κ3) is 7.73. The number of anilines is 1. The predicted octanol–water partition coefficient (Wildman–Crippen LogP) is 6.49. The first-order valence-electron chi connectivity index (χ1n) is 17.8. The van der Waals surface area contributed by atoms with Crippen LogP contribution in [0.5, 0.6) is 0 Å². The number of carbonyl (C=O) groups is 5. The van der Waals surface area contributed by atoms with Crippen LogP contribution in [0.2, 0.25) is 0 Å². The fourth-order valence-electron chi connectivity index (χ4n) is 9.75. The van der Waals surface area contributed by atoms with Gasteiger partial charge in [-0.3, -0.25) is 24.0 Å². The van der Waals surface area contributed by atoms with Gasteiger partial charge in [0.2, 0.25) is 5.78 Å². The lowest BCUT2D eigenvalue weighted by molar-refractivity contribution is -0.205. The van der Waals surface area contributed by atoms with Crippen molar-refractivity contribution in [3.05, 3.63) is 53.3 Å². The standard InChI is InChI=1S/C39H49Cl2NO9/c1-24(43)48-23-34(46)39(51-26(3)45)15-13-32-31-11-8-28-21-30(12-14-37(28,4)36(31)33(49-25(2)44)22-38(32,39)5)50-35(47)20-27-6-9-29(10-7-27)42(18-16-40)19-17-41/h6-10,21,31-33,36H,11-20,22-23H2,1-5H3/t31-,32-,33-,36+,37-,38-,39-/m0/s1. The van der Waals surface area contributed by atoms with E-state index in [1.165, 1.54) is 20.8 Å². The lowest BCUT2D eigenvalue weighted by atomic mass is 9.46. The van der Waals surface area contributed by atoms with E-state index in [2.05, 4.69) is 17.9 Å². The van der Waals surface area contributed by atoms with E-state index in [9.17, 15) is 24.0 Å². The van der Waals surface area contributed by atoms with E-state index in [0.717, 1.165) is 16.8 Å². The maximum absolute atomic E-state index is 13.8. The molecule has 0 unspecified atom stereocenters. The molecular weight excluding hydrogens is 697 g/mol. The van der Waals surface area contributed by atoms with Crippen LogP contribution in [0.25, 0.3) is 0 Å². The molecule has 0 N–H and O–H groups in total. The van der Waals surface area contributed by atoms with Gasteiger partial charge < -0.3 is 23.8 Å². The normalized spacial score (nSPS) is 30.7. The molecule has 0 amide bonds. The Hall–Kier alpha value is -3.37. The van der Waals surface area contributed by atoms with Gasteiger partial charge in [0.25, 0.3) is 0 Å². The molecule has 2 saturated carbocycles. The Labute approximate surface area is 310 Å². The molecule has 1 aromatic carbocycles. The quantitative estimate of drug-likeness (QED) is 0.126. The van der Waals surface area contributed by atoms with Gasteiger partial charge in [-0.1, -0.05) is 32.1 Å². The van der Waals surface area contributed by atoms with Crippen molar-refractivity contribution in [3.63, 3.8) is 0 Å². The molecule has 1 aromatic rings. The largest absolute Gasteiger partial charge is 0.462 e. The lowest BCUT2D eigenvalue weighted by Gasteiger charge is -2.60. The molecule has 4 aliphatic carbocycles. The summed E-state index contributed by atoms with van der Waals surface area (Å²) in [6.07, 6.45) is 6.78. The van der Waals surface area contributed by atoms with E-state index < -0.39 is 52.8 Å². The minimum Gasteiger partial charge on any atom is -0.462 e. The van der Waals surface area contributed by atoms with Crippen molar-refractivity contribution in [2.24, 2.45) is 28.6 Å². The average molecular weight is 747 g/mol. The highest BCUT2D eigenvalue weighted by Crippen LogP contribution is 2.68. The maximum atomic E-state index is 13.8. The summed E-state index contributed by atoms with van der Waals surface area (Å²) in [5.74, 6) is -0.949. The summed E-state index contributed by atoms with van der Waals surface area (Å²) in [5, 5.41) is 0. The number of ether oxygens (including phenoxy) is 4. The predicted molar refractivity (Wildman–Crippen MR) is 192 cm³/mol. The summed E-state index contributed by atoms with van der Waals surface area (Å²) in [6.45, 7) is 8.87. The Morgan fingerprint density at radius 2 is 1.61 bits per heavy atom. The average Bonchev–Trinajstić information content (AvgIpc) is 3.35. The third-order valence-electron chi connectivity index (χ3n) is 11.9. The van der Waals surface area contributed by atoms with Crippen molar-refractivity contribution in [3.8, 4) is 0 Å². The zero-order valence-corrected chi connectivity index (χ0v) is 31.6. The Morgan fingerprint density at radius 1 is 0.922 bits per heavy atom. The number of ketones is 1. The van der Waals surface area contributed by atoms with Crippen LogP contribution >= 0.6 is 23.2 Å². The zero-order valence-electron chi connectivity index (χ0n) is 30.1. The monoisotopic (exact) mass is 745 g/mol. The topological polar surface area (TPSA) is 126 Å². The Bertz CT molecular complexity index is 1580. The Morgan fingerprint density at radius 3 is 2.22 bits per heavy atom. The van der Waals surface area contributed by atoms with Crippen LogP contribution in [0.15, 0.2) is 47.7 Å². The maximum Gasteiger partial charge on any atom is 0.315 e. The SMILES string of the molecule is CC(=O)OCC(=O)[C@@]1(OC(C)=O)CC[C@H]2[C@@H]3CC=C4C=C(OC(=O)Cc5ccc(N(CCCl)CCCl)cc5)CC[C@]4(C)[C@H]3[C@@H](OC(C)=O)C[C@@]21C. The molecule has 4 aliphatic rings. The second-order valence-corrected chi connectivity index (χ2v) is 15.6. The lowest BCUT2D eigenvalue weighted by Crippen LogP contribution is -2.63. The summed E-state index contributed by atoms with van der Waals surface area (Å²) in [7, 11) is 0. The number of nitrogens with zero attached hydrogens (tertiary/aromatic N) is 1. The third-order valence-corrected chi connectivity index (χ3v) is 12.2. The van der Waals surface area contributed by atoms with Crippen LogP contribution in [0.3, 0.4) is 0 Å². The molecular formula is C39H49Cl2NO9. The molecule has 278 valence electrons. The van der Waals surface area contributed by atoms with E-state index in [-0.39, 0.29) is 30.1 Å². The van der Waals surface area contributed by atoms with Gasteiger partial charge in [0.05, 0.1) is 6.42 Å². The molecule has 0 spiro atoms. The number of rotatable bonds is 13. The van der Waals surface area contributed by atoms with E-state index in [1.54, 1.807) is 0 Å². The van der Waals surface area contributed by atoms with Gasteiger partial charge in [0, 0.05) is 69.1 Å². The van der Waals surface area contributed by atoms with Gasteiger partial charge in [-0.15, -0.1) is 23.2 Å². The number of hydrogen-bond acceptors (Lipinski definition) is 10. The number of fused-ring (bicyclic) bond motifs is 5. The van der Waals surface area contributed by atoms with Crippen LogP contribution in [-0.4, -0.2) is 72.8 Å². The van der Waals surface area contributed by atoms with Gasteiger partial charge in [0.1, 0.15) is 11.9 Å². The molecule has 0 saturated heterocycles. The van der Waals surface area contributed by atoms with Crippen molar-refractivity contribution in [2.45, 2.75) is 91.3 Å². The van der Waals surface area contributed by atoms with Crippen molar-refractivity contribution < 1.29 is 42.9 Å². The number of Topliss-reactive ketones (excluding diaryl/α,β-unsaturated/α-hetero) is 1. The second-order valence-electron chi connectivity index (χ2n) is 14.8. The fraction of sp³-hybridized carbons (Fsp3) is 0.615. The first-order chi connectivity index (χ1) is 24.2. The number of benzene rings is 1. The smallest absolute Gasteiger partial charge is 0.315 e. The highest BCUT2D eigenvalue weighted by atomic mass is 35.5. The van der Waals surface area contributed by atoms with E-state index in [4.69, 9.17) is 42.1 Å². The van der Waals surface area contributed by atoms with E-state index in [0.29, 0.717) is 69.1 Å². The first kappa shape index (κ1) is 38.9. The molecule has 12 heteroatoms. The van der Waals surface area contributed by atoms with Crippen molar-refractivity contribution in [1.29, 1.82) is 0 Å². The molecule has 5 rings (SSSR count). The van der Waals surface area contributed by atoms with Crippen LogP contribution < -0.4 is 4.90 Å². The van der Waals surface area contributed by atoms with Crippen LogP contribution in [0, 0.1) is 28.6 Å². The molecule has 0 bridgehead atoms. The van der Waals surface area contributed by atoms with Gasteiger partial charge in [-0.25, -0.2) is 0 Å². The molecule has 0 heterocycles. The van der Waals surface area contributed by atoms with Gasteiger partial charge >= 0.3 is 23.9 Å². The second kappa shape index (κ2) is 15.7. The molecule has 0 aromatic heterocycles. The Kier molecular flexibility index (Phi) is 12.0. The highest BCUT2D eigenvalue weighted by Gasteiger charge is 2.71. The van der Waals surface area contributed by atoms with Crippen LogP contribution in [0.4, 0.5) is 5.69 Å². The summed E-state index contributed by atoms with van der Waals surface area (Å²) in [6, 6.07) is 7.75. The molecule has 0 aliphatic heterocycles. The number of esters is 4. The number of halogens is 2. The minimum atomic E-state index is -1.52. The number of allylic oxidation sites excluding steroid dienone is 4. The molecule has 0 radical (unpaired) electrons. The summed E-state index contributed by atoms with van der Waals surface area (Å²) < 4.78 is 23.1. The summed E-state index contributed by atoms with van der Waals surface area (Å²) >= 11 is 11.9. The van der Waals surface area contributed by atoms with Crippen LogP contribution in [-0.2, 0) is 49.3 Å². The molecule has 2 fully saturated rings. The highest BCUT2D eigenvalue weighted by molar-refractivity contribution is 6.18. The van der Waals surface area contributed by atoms with E-state index >= 15 is 0 Å². The fourth-order valence-corrected chi connectivity index (χ4v) is 10.2. The zero-order chi connectivity index (χ0) is 37.1. The first-order valence-corrected chi connectivity index (χ1v) is 18.9. The van der Waals surface area contributed by atoms with Gasteiger partial charge in [0.15, 0.2) is 12.2 Å². The minimum absolute atomic E-state index is 0.0195. The molecule has 7 atom stereocenters. The van der Waals surface area contributed by atoms with Crippen molar-refractivity contribution in [2.75, 3.05) is 36.4 Å². The molecule has 10 nitrogen and oxygen atoms in total. The molecule has 51 heavy (non-hydrogen) atoms. The van der Waals surface area contributed by atoms with Crippen molar-refractivity contribution in [1.82, 2.24) is 0 Å². The summed E-state index contributed by atoms with van der Waals surface area (Å²) in [5.41, 5.74) is 0.0795. The van der Waals surface area contributed by atoms with Crippen LogP contribution in [0.1, 0.15) is 78.7 Å². The van der Waals surface area contributed by atoms with Gasteiger partial charge in [-0.05, 0) is 78.7 Å². The van der Waals surface area contributed by atoms with Crippen molar-refractivity contribution >= 4 is 58.5 Å². The Balaban J connectivity index is 1.37. The summed E-state index contributed by atoms with van der Waals surface area (Å²) in [4.78, 5) is 65.8.